The van der Waals surface area contributed by atoms with Crippen molar-refractivity contribution in [3.05, 3.63) is 0 Å². The topological polar surface area (TPSA) is 64.6 Å². The molecular formula is C12H23NO4. The number of ether oxygens (including phenoxy) is 2. The third-order valence-corrected chi connectivity index (χ3v) is 2.07. The average Bonchev–Trinajstić information content (AvgIpc) is 2.20. The van der Waals surface area contributed by atoms with Gasteiger partial charge in [0.05, 0.1) is 12.7 Å². The minimum Gasteiger partial charge on any atom is -0.467 e. The van der Waals surface area contributed by atoms with Crippen molar-refractivity contribution in [2.75, 3.05) is 13.7 Å². The average molecular weight is 245 g/mol. The fraction of sp³-hybridized carbons (Fsp3) is 0.833. The second kappa shape index (κ2) is 6.59. The van der Waals surface area contributed by atoms with Gasteiger partial charge >= 0.3 is 5.97 Å². The highest BCUT2D eigenvalue weighted by Crippen LogP contribution is 2.07. The quantitative estimate of drug-likeness (QED) is 0.737. The second-order valence-electron chi connectivity index (χ2n) is 5.21. The zero-order valence-electron chi connectivity index (χ0n) is 11.5. The summed E-state index contributed by atoms with van der Waals surface area (Å²) < 4.78 is 9.95. The second-order valence-corrected chi connectivity index (χ2v) is 5.21. The van der Waals surface area contributed by atoms with Gasteiger partial charge in [0, 0.05) is 0 Å². The first-order valence-corrected chi connectivity index (χ1v) is 5.68. The monoisotopic (exact) mass is 245 g/mol. The zero-order chi connectivity index (χ0) is 13.6. The lowest BCUT2D eigenvalue weighted by Crippen LogP contribution is -2.46. The molecule has 0 heterocycles. The van der Waals surface area contributed by atoms with Crippen LogP contribution in [-0.2, 0) is 19.1 Å². The van der Waals surface area contributed by atoms with E-state index in [-0.39, 0.29) is 24.0 Å². The van der Waals surface area contributed by atoms with Crippen LogP contribution in [0.15, 0.2) is 0 Å². The molecule has 1 unspecified atom stereocenters. The standard InChI is InChI=1S/C12H23NO4/c1-8(2)10(11(15)16-6)13-9(14)7-17-12(3,4)5/h8,10H,7H2,1-6H3,(H,13,14). The molecule has 0 aromatic heterocycles. The summed E-state index contributed by atoms with van der Waals surface area (Å²) >= 11 is 0. The van der Waals surface area contributed by atoms with Gasteiger partial charge in [0.15, 0.2) is 0 Å². The maximum atomic E-state index is 11.6. The van der Waals surface area contributed by atoms with E-state index in [0.29, 0.717) is 0 Å². The molecule has 0 aromatic rings. The van der Waals surface area contributed by atoms with E-state index in [1.54, 1.807) is 0 Å². The fourth-order valence-electron chi connectivity index (χ4n) is 1.12. The molecule has 100 valence electrons. The van der Waals surface area contributed by atoms with Crippen LogP contribution < -0.4 is 5.32 Å². The summed E-state index contributed by atoms with van der Waals surface area (Å²) in [5, 5.41) is 2.60. The zero-order valence-corrected chi connectivity index (χ0v) is 11.5. The summed E-state index contributed by atoms with van der Waals surface area (Å²) in [4.78, 5) is 23.0. The molecule has 0 saturated carbocycles. The molecule has 1 N–H and O–H groups in total. The largest absolute Gasteiger partial charge is 0.467 e. The highest BCUT2D eigenvalue weighted by atomic mass is 16.5. The summed E-state index contributed by atoms with van der Waals surface area (Å²) in [5.74, 6) is -0.783. The molecule has 17 heavy (non-hydrogen) atoms. The van der Waals surface area contributed by atoms with Crippen LogP contribution >= 0.6 is 0 Å². The number of hydrogen-bond acceptors (Lipinski definition) is 4. The maximum absolute atomic E-state index is 11.6. The fourth-order valence-corrected chi connectivity index (χ4v) is 1.12. The Labute approximate surface area is 103 Å². The Morgan fingerprint density at radius 1 is 1.24 bits per heavy atom. The Morgan fingerprint density at radius 3 is 2.12 bits per heavy atom. The van der Waals surface area contributed by atoms with Crippen molar-refractivity contribution in [3.8, 4) is 0 Å². The van der Waals surface area contributed by atoms with Crippen LogP contribution in [0.2, 0.25) is 0 Å². The van der Waals surface area contributed by atoms with Crippen molar-refractivity contribution in [1.82, 2.24) is 5.32 Å². The van der Waals surface area contributed by atoms with E-state index >= 15 is 0 Å². The Bertz CT molecular complexity index is 268. The van der Waals surface area contributed by atoms with Crippen molar-refractivity contribution < 1.29 is 19.1 Å². The third-order valence-electron chi connectivity index (χ3n) is 2.07. The molecule has 5 nitrogen and oxygen atoms in total. The number of carbonyl (C=O) groups is 2. The molecule has 0 saturated heterocycles. The number of hydrogen-bond donors (Lipinski definition) is 1. The molecule has 1 atom stereocenters. The number of methoxy groups -OCH3 is 1. The van der Waals surface area contributed by atoms with Gasteiger partial charge in [-0.25, -0.2) is 4.79 Å². The van der Waals surface area contributed by atoms with Crippen LogP contribution in [0.5, 0.6) is 0 Å². The molecule has 0 aliphatic rings. The van der Waals surface area contributed by atoms with Gasteiger partial charge in [-0.1, -0.05) is 13.8 Å². The van der Waals surface area contributed by atoms with Crippen LogP contribution in [0, 0.1) is 5.92 Å². The molecular weight excluding hydrogens is 222 g/mol. The molecule has 0 aromatic carbocycles. The molecule has 0 rings (SSSR count). The summed E-state index contributed by atoms with van der Waals surface area (Å²) in [5.41, 5.74) is -0.379. The van der Waals surface area contributed by atoms with Gasteiger partial charge < -0.3 is 14.8 Å². The van der Waals surface area contributed by atoms with Gasteiger partial charge in [-0.05, 0) is 26.7 Å². The predicted octanol–water partition coefficient (Wildman–Crippen LogP) is 1.12. The van der Waals surface area contributed by atoms with Gasteiger partial charge in [0.2, 0.25) is 5.91 Å². The normalized spacial score (nSPS) is 13.4. The van der Waals surface area contributed by atoms with Crippen LogP contribution in [0.4, 0.5) is 0 Å². The van der Waals surface area contributed by atoms with E-state index in [1.165, 1.54) is 7.11 Å². The molecule has 0 radical (unpaired) electrons. The lowest BCUT2D eigenvalue weighted by molar-refractivity contribution is -0.147. The van der Waals surface area contributed by atoms with E-state index < -0.39 is 12.0 Å². The first-order chi connectivity index (χ1) is 7.67. The van der Waals surface area contributed by atoms with Gasteiger partial charge in [-0.2, -0.15) is 0 Å². The summed E-state index contributed by atoms with van der Waals surface area (Å²) in [6.45, 7) is 9.20. The number of carbonyl (C=O) groups excluding carboxylic acids is 2. The minimum atomic E-state index is -0.629. The van der Waals surface area contributed by atoms with Crippen LogP contribution in [-0.4, -0.2) is 37.2 Å². The van der Waals surface area contributed by atoms with E-state index in [1.807, 2.05) is 34.6 Å². The summed E-state index contributed by atoms with van der Waals surface area (Å²) in [6.07, 6.45) is 0. The van der Waals surface area contributed by atoms with Gasteiger partial charge in [-0.3, -0.25) is 4.79 Å². The Balaban J connectivity index is 4.28. The van der Waals surface area contributed by atoms with Crippen LogP contribution in [0.3, 0.4) is 0 Å². The van der Waals surface area contributed by atoms with Crippen LogP contribution in [0.1, 0.15) is 34.6 Å². The molecule has 0 fully saturated rings. The van der Waals surface area contributed by atoms with E-state index in [0.717, 1.165) is 0 Å². The van der Waals surface area contributed by atoms with Gasteiger partial charge in [0.1, 0.15) is 12.6 Å². The number of amides is 1. The molecule has 1 amide bonds. The molecule has 0 spiro atoms. The lowest BCUT2D eigenvalue weighted by atomic mass is 10.0. The van der Waals surface area contributed by atoms with E-state index in [4.69, 9.17) is 4.74 Å². The van der Waals surface area contributed by atoms with Crippen molar-refractivity contribution in [2.24, 2.45) is 5.92 Å². The number of rotatable bonds is 5. The van der Waals surface area contributed by atoms with Crippen molar-refractivity contribution in [3.63, 3.8) is 0 Å². The van der Waals surface area contributed by atoms with Gasteiger partial charge in [0.25, 0.3) is 0 Å². The highest BCUT2D eigenvalue weighted by Gasteiger charge is 2.25. The Hall–Kier alpha value is -1.10. The first-order valence-electron chi connectivity index (χ1n) is 5.68. The SMILES string of the molecule is COC(=O)C(NC(=O)COC(C)(C)C)C(C)C. The molecule has 5 heteroatoms. The molecule has 0 aliphatic heterocycles. The van der Waals surface area contributed by atoms with Crippen molar-refractivity contribution in [2.45, 2.75) is 46.3 Å². The van der Waals surface area contributed by atoms with Crippen molar-refractivity contribution >= 4 is 11.9 Å². The van der Waals surface area contributed by atoms with E-state index in [2.05, 4.69) is 10.1 Å². The smallest absolute Gasteiger partial charge is 0.328 e. The molecule has 0 bridgehead atoms. The van der Waals surface area contributed by atoms with E-state index in [9.17, 15) is 9.59 Å². The first kappa shape index (κ1) is 15.9. The summed E-state index contributed by atoms with van der Waals surface area (Å²) in [6, 6.07) is -0.629. The number of nitrogens with one attached hydrogen (secondary N) is 1. The molecule has 0 aliphatic carbocycles. The third kappa shape index (κ3) is 6.94. The van der Waals surface area contributed by atoms with Crippen molar-refractivity contribution in [1.29, 1.82) is 0 Å². The Morgan fingerprint density at radius 2 is 1.76 bits per heavy atom. The van der Waals surface area contributed by atoms with Crippen LogP contribution in [0.25, 0.3) is 0 Å². The maximum Gasteiger partial charge on any atom is 0.328 e. The predicted molar refractivity (Wildman–Crippen MR) is 64.5 cm³/mol. The number of esters is 1. The summed E-state index contributed by atoms with van der Waals surface area (Å²) in [7, 11) is 1.30. The minimum absolute atomic E-state index is 0.0268. The Kier molecular flexibility index (Phi) is 6.16. The lowest BCUT2D eigenvalue weighted by Gasteiger charge is -2.22. The van der Waals surface area contributed by atoms with Gasteiger partial charge in [-0.15, -0.1) is 0 Å². The highest BCUT2D eigenvalue weighted by molar-refractivity contribution is 5.85.